The molecule has 2 N–H and O–H groups in total. The minimum absolute atomic E-state index is 0.349. The Morgan fingerprint density at radius 1 is 1.28 bits per heavy atom. The molecule has 0 heterocycles. The summed E-state index contributed by atoms with van der Waals surface area (Å²) in [7, 11) is 2.18. The Morgan fingerprint density at radius 2 is 1.94 bits per heavy atom. The van der Waals surface area contributed by atoms with Crippen LogP contribution >= 0.6 is 0 Å². The SMILES string of the molecule is Cc1ccccc1CN(C)CC(N)C1CCCC1. The summed E-state index contributed by atoms with van der Waals surface area (Å²) in [5.41, 5.74) is 9.12. The van der Waals surface area contributed by atoms with Crippen LogP contribution in [0.15, 0.2) is 24.3 Å². The highest BCUT2D eigenvalue weighted by Gasteiger charge is 2.22. The first-order valence-electron chi connectivity index (χ1n) is 7.15. The van der Waals surface area contributed by atoms with E-state index in [2.05, 4.69) is 43.1 Å². The predicted octanol–water partition coefficient (Wildman–Crippen LogP) is 2.94. The second-order valence-electron chi connectivity index (χ2n) is 5.83. The molecule has 1 saturated carbocycles. The monoisotopic (exact) mass is 246 g/mol. The van der Waals surface area contributed by atoms with Crippen LogP contribution in [0.5, 0.6) is 0 Å². The quantitative estimate of drug-likeness (QED) is 0.865. The molecule has 1 atom stereocenters. The van der Waals surface area contributed by atoms with Gasteiger partial charge in [-0.2, -0.15) is 0 Å². The van der Waals surface area contributed by atoms with Crippen LogP contribution in [0.25, 0.3) is 0 Å². The zero-order valence-electron chi connectivity index (χ0n) is 11.7. The first-order chi connectivity index (χ1) is 8.66. The lowest BCUT2D eigenvalue weighted by Gasteiger charge is -2.25. The molecule has 2 rings (SSSR count). The van der Waals surface area contributed by atoms with Crippen molar-refractivity contribution < 1.29 is 0 Å². The van der Waals surface area contributed by atoms with Crippen molar-refractivity contribution in [3.05, 3.63) is 35.4 Å². The summed E-state index contributed by atoms with van der Waals surface area (Å²) in [4.78, 5) is 2.37. The Kier molecular flexibility index (Phi) is 4.79. The molecular formula is C16H26N2. The van der Waals surface area contributed by atoms with E-state index in [1.54, 1.807) is 0 Å². The summed E-state index contributed by atoms with van der Waals surface area (Å²) in [6.45, 7) is 4.20. The van der Waals surface area contributed by atoms with E-state index in [0.717, 1.165) is 19.0 Å². The molecular weight excluding hydrogens is 220 g/mol. The fourth-order valence-corrected chi connectivity index (χ4v) is 3.04. The van der Waals surface area contributed by atoms with Gasteiger partial charge in [-0.15, -0.1) is 0 Å². The fourth-order valence-electron chi connectivity index (χ4n) is 3.04. The molecule has 0 radical (unpaired) electrons. The van der Waals surface area contributed by atoms with Crippen LogP contribution in [0.1, 0.15) is 36.8 Å². The molecule has 1 aromatic rings. The van der Waals surface area contributed by atoms with Crippen molar-refractivity contribution in [3.63, 3.8) is 0 Å². The molecule has 1 unspecified atom stereocenters. The lowest BCUT2D eigenvalue weighted by atomic mass is 9.98. The van der Waals surface area contributed by atoms with Crippen LogP contribution < -0.4 is 5.73 Å². The van der Waals surface area contributed by atoms with E-state index >= 15 is 0 Å². The van der Waals surface area contributed by atoms with E-state index in [9.17, 15) is 0 Å². The van der Waals surface area contributed by atoms with Crippen LogP contribution in [0.3, 0.4) is 0 Å². The molecule has 1 aromatic carbocycles. The average Bonchev–Trinajstić information content (AvgIpc) is 2.85. The van der Waals surface area contributed by atoms with E-state index in [1.807, 2.05) is 0 Å². The van der Waals surface area contributed by atoms with Gasteiger partial charge in [0.05, 0.1) is 0 Å². The largest absolute Gasteiger partial charge is 0.326 e. The van der Waals surface area contributed by atoms with E-state index in [1.165, 1.54) is 36.8 Å². The summed E-state index contributed by atoms with van der Waals surface area (Å²) in [6, 6.07) is 8.96. The molecule has 100 valence electrons. The topological polar surface area (TPSA) is 29.3 Å². The van der Waals surface area contributed by atoms with Crippen molar-refractivity contribution in [2.24, 2.45) is 11.7 Å². The van der Waals surface area contributed by atoms with Crippen molar-refractivity contribution in [1.82, 2.24) is 4.90 Å². The molecule has 0 bridgehead atoms. The normalized spacial score (nSPS) is 18.4. The van der Waals surface area contributed by atoms with Crippen molar-refractivity contribution in [2.45, 2.75) is 45.2 Å². The number of rotatable bonds is 5. The second-order valence-corrected chi connectivity index (χ2v) is 5.83. The number of likely N-dealkylation sites (N-methyl/N-ethyl adjacent to an activating group) is 1. The minimum atomic E-state index is 0.349. The molecule has 0 saturated heterocycles. The molecule has 0 aliphatic heterocycles. The third-order valence-corrected chi connectivity index (χ3v) is 4.23. The number of nitrogens with zero attached hydrogens (tertiary/aromatic N) is 1. The smallest absolute Gasteiger partial charge is 0.0233 e. The summed E-state index contributed by atoms with van der Waals surface area (Å²) < 4.78 is 0. The molecule has 0 amide bonds. The second kappa shape index (κ2) is 6.35. The highest BCUT2D eigenvalue weighted by atomic mass is 15.1. The number of benzene rings is 1. The number of hydrogen-bond donors (Lipinski definition) is 1. The van der Waals surface area contributed by atoms with Gasteiger partial charge in [-0.05, 0) is 43.9 Å². The molecule has 1 aliphatic rings. The number of hydrogen-bond acceptors (Lipinski definition) is 2. The van der Waals surface area contributed by atoms with Gasteiger partial charge in [0.2, 0.25) is 0 Å². The molecule has 1 aliphatic carbocycles. The Hall–Kier alpha value is -0.860. The van der Waals surface area contributed by atoms with Gasteiger partial charge in [0.15, 0.2) is 0 Å². The zero-order valence-corrected chi connectivity index (χ0v) is 11.7. The Morgan fingerprint density at radius 3 is 2.61 bits per heavy atom. The lowest BCUT2D eigenvalue weighted by Crippen LogP contribution is -2.39. The molecule has 0 spiro atoms. The lowest BCUT2D eigenvalue weighted by molar-refractivity contribution is 0.264. The zero-order chi connectivity index (χ0) is 13.0. The Balaban J connectivity index is 1.84. The van der Waals surface area contributed by atoms with Gasteiger partial charge < -0.3 is 10.6 Å². The predicted molar refractivity (Wildman–Crippen MR) is 77.4 cm³/mol. The van der Waals surface area contributed by atoms with E-state index in [-0.39, 0.29) is 0 Å². The van der Waals surface area contributed by atoms with Gasteiger partial charge >= 0.3 is 0 Å². The van der Waals surface area contributed by atoms with E-state index in [0.29, 0.717) is 6.04 Å². The van der Waals surface area contributed by atoms with E-state index < -0.39 is 0 Å². The molecule has 1 fully saturated rings. The number of aryl methyl sites for hydroxylation is 1. The highest BCUT2D eigenvalue weighted by molar-refractivity contribution is 5.25. The van der Waals surface area contributed by atoms with Crippen molar-refractivity contribution in [2.75, 3.05) is 13.6 Å². The van der Waals surface area contributed by atoms with Crippen LogP contribution in [-0.2, 0) is 6.54 Å². The van der Waals surface area contributed by atoms with Crippen molar-refractivity contribution >= 4 is 0 Å². The summed E-state index contributed by atoms with van der Waals surface area (Å²) in [6.07, 6.45) is 5.42. The number of nitrogens with two attached hydrogens (primary N) is 1. The van der Waals surface area contributed by atoms with Crippen molar-refractivity contribution in [1.29, 1.82) is 0 Å². The van der Waals surface area contributed by atoms with Gasteiger partial charge in [0.1, 0.15) is 0 Å². The molecule has 18 heavy (non-hydrogen) atoms. The third kappa shape index (κ3) is 3.56. The van der Waals surface area contributed by atoms with Crippen LogP contribution in [-0.4, -0.2) is 24.5 Å². The minimum Gasteiger partial charge on any atom is -0.326 e. The molecule has 2 nitrogen and oxygen atoms in total. The summed E-state index contributed by atoms with van der Waals surface area (Å²) in [5, 5.41) is 0. The van der Waals surface area contributed by atoms with Gasteiger partial charge in [-0.3, -0.25) is 0 Å². The highest BCUT2D eigenvalue weighted by Crippen LogP contribution is 2.27. The first kappa shape index (κ1) is 13.6. The van der Waals surface area contributed by atoms with Crippen molar-refractivity contribution in [3.8, 4) is 0 Å². The Bertz CT molecular complexity index is 369. The first-order valence-corrected chi connectivity index (χ1v) is 7.15. The maximum atomic E-state index is 6.33. The average molecular weight is 246 g/mol. The molecule has 0 aromatic heterocycles. The van der Waals surface area contributed by atoms with Gasteiger partial charge in [0, 0.05) is 19.1 Å². The van der Waals surface area contributed by atoms with Crippen LogP contribution in [0.2, 0.25) is 0 Å². The van der Waals surface area contributed by atoms with Crippen LogP contribution in [0.4, 0.5) is 0 Å². The fraction of sp³-hybridized carbons (Fsp3) is 0.625. The van der Waals surface area contributed by atoms with Gasteiger partial charge in [-0.25, -0.2) is 0 Å². The standard InChI is InChI=1S/C16H26N2/c1-13-7-3-4-10-15(13)11-18(2)12-16(17)14-8-5-6-9-14/h3-4,7,10,14,16H,5-6,8-9,11-12,17H2,1-2H3. The van der Waals surface area contributed by atoms with Crippen LogP contribution in [0, 0.1) is 12.8 Å². The third-order valence-electron chi connectivity index (χ3n) is 4.23. The molecule has 2 heteroatoms. The summed E-state index contributed by atoms with van der Waals surface area (Å²) >= 11 is 0. The maximum absolute atomic E-state index is 6.33. The Labute approximate surface area is 111 Å². The maximum Gasteiger partial charge on any atom is 0.0233 e. The summed E-state index contributed by atoms with van der Waals surface area (Å²) in [5.74, 6) is 0.754. The van der Waals surface area contributed by atoms with Gasteiger partial charge in [0.25, 0.3) is 0 Å². The van der Waals surface area contributed by atoms with Gasteiger partial charge in [-0.1, -0.05) is 37.1 Å². The van der Waals surface area contributed by atoms with E-state index in [4.69, 9.17) is 5.73 Å².